The predicted molar refractivity (Wildman–Crippen MR) is 94.8 cm³/mol. The van der Waals surface area contributed by atoms with Crippen LogP contribution in [0.4, 0.5) is 0 Å². The smallest absolute Gasteiger partial charge is 0.273 e. The first-order valence-electron chi connectivity index (χ1n) is 7.87. The van der Waals surface area contributed by atoms with Crippen LogP contribution in [0.15, 0.2) is 59.2 Å². The van der Waals surface area contributed by atoms with Crippen LogP contribution in [0.3, 0.4) is 0 Å². The maximum Gasteiger partial charge on any atom is 0.273 e. The van der Waals surface area contributed by atoms with Crippen LogP contribution < -0.4 is 4.72 Å². The molecular weight excluding hydrogens is 344 g/mol. The summed E-state index contributed by atoms with van der Waals surface area (Å²) < 4.78 is 26.9. The molecular formula is C17H20N2O5S. The first-order chi connectivity index (χ1) is 12.0. The molecule has 0 saturated carbocycles. The lowest BCUT2D eigenvalue weighted by Gasteiger charge is -2.09. The van der Waals surface area contributed by atoms with Crippen LogP contribution in [0.25, 0.3) is 5.57 Å². The minimum atomic E-state index is -3.63. The largest absolute Gasteiger partial charge is 0.396 e. The number of aliphatic hydroxyl groups excluding tert-OH is 1. The molecule has 7 nitrogen and oxygen atoms in total. The molecule has 0 atom stereocenters. The van der Waals surface area contributed by atoms with Crippen LogP contribution in [0.5, 0.6) is 0 Å². The second kappa shape index (κ2) is 8.70. The molecule has 0 saturated heterocycles. The van der Waals surface area contributed by atoms with Gasteiger partial charge in [-0.25, -0.2) is 13.1 Å². The third-order valence-corrected chi connectivity index (χ3v) is 5.20. The molecule has 8 heteroatoms. The molecule has 0 aliphatic heterocycles. The molecule has 2 N–H and O–H groups in total. The Hall–Kier alpha value is -2.29. The molecule has 134 valence electrons. The molecule has 0 fully saturated rings. The van der Waals surface area contributed by atoms with Gasteiger partial charge in [-0.2, -0.15) is 0 Å². The number of nitrogens with one attached hydrogen (secondary N) is 1. The van der Waals surface area contributed by atoms with Gasteiger partial charge in [0.2, 0.25) is 10.0 Å². The Morgan fingerprint density at radius 3 is 2.52 bits per heavy atom. The summed E-state index contributed by atoms with van der Waals surface area (Å²) in [6.45, 7) is 0.268. The second-order valence-corrected chi connectivity index (χ2v) is 7.23. The van der Waals surface area contributed by atoms with Crippen molar-refractivity contribution in [3.8, 4) is 0 Å². The number of nitrogens with zero attached hydrogens (tertiary/aromatic N) is 1. The van der Waals surface area contributed by atoms with E-state index in [4.69, 9.17) is 5.11 Å². The number of aliphatic hydroxyl groups is 1. The van der Waals surface area contributed by atoms with Crippen molar-refractivity contribution in [1.82, 2.24) is 4.72 Å². The standard InChI is InChI=1S/C17H20N2O5S/c20-13-5-4-12-18-25(23,24)15-10-8-14(9-11-15)16-6-2-1-3-7-17(16)19(21)22/h1-3,7-11,18,20H,4-6,12-13H2. The second-order valence-electron chi connectivity index (χ2n) is 5.47. The van der Waals surface area contributed by atoms with Gasteiger partial charge in [0.1, 0.15) is 0 Å². The number of unbranched alkanes of at least 4 members (excludes halogenated alkanes) is 1. The van der Waals surface area contributed by atoms with E-state index in [0.29, 0.717) is 30.4 Å². The highest BCUT2D eigenvalue weighted by molar-refractivity contribution is 7.89. The van der Waals surface area contributed by atoms with Crippen molar-refractivity contribution in [2.24, 2.45) is 0 Å². The highest BCUT2D eigenvalue weighted by Gasteiger charge is 2.19. The zero-order valence-corrected chi connectivity index (χ0v) is 14.4. The molecule has 2 rings (SSSR count). The van der Waals surface area contributed by atoms with E-state index in [1.807, 2.05) is 6.08 Å². The topological polar surface area (TPSA) is 110 Å². The minimum absolute atomic E-state index is 0.00253. The van der Waals surface area contributed by atoms with Crippen molar-refractivity contribution >= 4 is 15.6 Å². The predicted octanol–water partition coefficient (Wildman–Crippen LogP) is 2.24. The molecule has 1 aromatic rings. The summed E-state index contributed by atoms with van der Waals surface area (Å²) in [5.41, 5.74) is 1.15. The van der Waals surface area contributed by atoms with Crippen molar-refractivity contribution in [3.63, 3.8) is 0 Å². The van der Waals surface area contributed by atoms with Gasteiger partial charge in [0.05, 0.1) is 9.82 Å². The van der Waals surface area contributed by atoms with Gasteiger partial charge in [0.25, 0.3) is 5.70 Å². The third kappa shape index (κ3) is 5.09. The van der Waals surface area contributed by atoms with Crippen molar-refractivity contribution in [1.29, 1.82) is 0 Å². The Morgan fingerprint density at radius 1 is 1.16 bits per heavy atom. The SMILES string of the molecule is O=[N+]([O-])C1=C(c2ccc(S(=O)(=O)NCCCCO)cc2)CC=CC=C1. The lowest BCUT2D eigenvalue weighted by Crippen LogP contribution is -2.24. The summed E-state index contributed by atoms with van der Waals surface area (Å²) >= 11 is 0. The van der Waals surface area contributed by atoms with Gasteiger partial charge in [0.15, 0.2) is 0 Å². The Kier molecular flexibility index (Phi) is 6.63. The Morgan fingerprint density at radius 2 is 1.88 bits per heavy atom. The molecule has 0 aromatic heterocycles. The van der Waals surface area contributed by atoms with Crippen molar-refractivity contribution in [2.45, 2.75) is 24.2 Å². The fraction of sp³-hybridized carbons (Fsp3) is 0.294. The summed E-state index contributed by atoms with van der Waals surface area (Å²) in [4.78, 5) is 10.9. The van der Waals surface area contributed by atoms with Crippen LogP contribution >= 0.6 is 0 Å². The van der Waals surface area contributed by atoms with Gasteiger partial charge in [-0.15, -0.1) is 0 Å². The van der Waals surface area contributed by atoms with Crippen LogP contribution in [-0.2, 0) is 10.0 Å². The van der Waals surface area contributed by atoms with Gasteiger partial charge < -0.3 is 5.11 Å². The zero-order valence-electron chi connectivity index (χ0n) is 13.6. The molecule has 0 radical (unpaired) electrons. The Balaban J connectivity index is 2.23. The number of nitro groups is 1. The Bertz CT molecular complexity index is 808. The zero-order chi connectivity index (χ0) is 18.3. The molecule has 25 heavy (non-hydrogen) atoms. The summed E-state index contributed by atoms with van der Waals surface area (Å²) in [6, 6.07) is 6.03. The average molecular weight is 364 g/mol. The highest BCUT2D eigenvalue weighted by Crippen LogP contribution is 2.27. The summed E-state index contributed by atoms with van der Waals surface area (Å²) in [6.07, 6.45) is 8.08. The van der Waals surface area contributed by atoms with Crippen LogP contribution in [0, 0.1) is 10.1 Å². The number of hydrogen-bond donors (Lipinski definition) is 2. The van der Waals surface area contributed by atoms with E-state index in [-0.39, 0.29) is 23.7 Å². The van der Waals surface area contributed by atoms with Crippen molar-refractivity contribution in [2.75, 3.05) is 13.2 Å². The van der Waals surface area contributed by atoms with E-state index in [1.165, 1.54) is 18.2 Å². The first-order valence-corrected chi connectivity index (χ1v) is 9.36. The first kappa shape index (κ1) is 19.0. The molecule has 1 aliphatic rings. The number of benzene rings is 1. The summed E-state index contributed by atoms with van der Waals surface area (Å²) in [7, 11) is -3.63. The summed E-state index contributed by atoms with van der Waals surface area (Å²) in [5.74, 6) is 0. The fourth-order valence-corrected chi connectivity index (χ4v) is 3.49. The molecule has 0 unspecified atom stereocenters. The molecule has 0 spiro atoms. The van der Waals surface area contributed by atoms with Crippen LogP contribution in [0.2, 0.25) is 0 Å². The monoisotopic (exact) mass is 364 g/mol. The maximum atomic E-state index is 12.2. The molecule has 1 aromatic carbocycles. The van der Waals surface area contributed by atoms with E-state index in [2.05, 4.69) is 4.72 Å². The van der Waals surface area contributed by atoms with Crippen LogP contribution in [-0.4, -0.2) is 31.6 Å². The maximum absolute atomic E-state index is 12.2. The summed E-state index contributed by atoms with van der Waals surface area (Å²) in [5, 5.41) is 19.9. The third-order valence-electron chi connectivity index (χ3n) is 3.72. The molecule has 0 bridgehead atoms. The van der Waals surface area contributed by atoms with Gasteiger partial charge in [-0.05, 0) is 37.0 Å². The number of rotatable bonds is 8. The molecule has 0 amide bonds. The van der Waals surface area contributed by atoms with E-state index in [9.17, 15) is 18.5 Å². The number of hydrogen-bond acceptors (Lipinski definition) is 5. The average Bonchev–Trinajstić information content (AvgIpc) is 2.85. The normalized spacial score (nSPS) is 14.6. The van der Waals surface area contributed by atoms with E-state index in [1.54, 1.807) is 24.3 Å². The lowest BCUT2D eigenvalue weighted by molar-refractivity contribution is -0.418. The van der Waals surface area contributed by atoms with Crippen LogP contribution in [0.1, 0.15) is 24.8 Å². The lowest BCUT2D eigenvalue weighted by atomic mass is 10.0. The highest BCUT2D eigenvalue weighted by atomic mass is 32.2. The van der Waals surface area contributed by atoms with E-state index >= 15 is 0 Å². The van der Waals surface area contributed by atoms with Gasteiger partial charge in [0, 0.05) is 24.8 Å². The van der Waals surface area contributed by atoms with Crippen molar-refractivity contribution < 1.29 is 18.4 Å². The number of sulfonamides is 1. The van der Waals surface area contributed by atoms with E-state index in [0.717, 1.165) is 0 Å². The van der Waals surface area contributed by atoms with Gasteiger partial charge >= 0.3 is 0 Å². The quantitative estimate of drug-likeness (QED) is 0.418. The molecule has 1 aliphatic carbocycles. The van der Waals surface area contributed by atoms with E-state index < -0.39 is 14.9 Å². The fourth-order valence-electron chi connectivity index (χ4n) is 2.42. The van der Waals surface area contributed by atoms with Crippen molar-refractivity contribution in [3.05, 3.63) is 69.9 Å². The minimum Gasteiger partial charge on any atom is -0.396 e. The number of allylic oxidation sites excluding steroid dienone is 5. The van der Waals surface area contributed by atoms with Gasteiger partial charge in [-0.1, -0.05) is 30.4 Å². The molecule has 0 heterocycles. The Labute approximate surface area is 146 Å². The van der Waals surface area contributed by atoms with Gasteiger partial charge in [-0.3, -0.25) is 10.1 Å².